The monoisotopic (exact) mass is 371 g/mol. The van der Waals surface area contributed by atoms with Crippen LogP contribution in [0.5, 0.6) is 5.75 Å². The molecule has 0 saturated carbocycles. The first-order valence-corrected chi connectivity index (χ1v) is 8.01. The molecule has 2 rings (SSSR count). The second-order valence-corrected chi connectivity index (χ2v) is 5.79. The summed E-state index contributed by atoms with van der Waals surface area (Å²) in [6.45, 7) is 4.40. The van der Waals surface area contributed by atoms with Crippen LogP contribution in [-0.2, 0) is 19.1 Å². The lowest BCUT2D eigenvalue weighted by Crippen LogP contribution is -2.32. The zero-order valence-electron chi connectivity index (χ0n) is 14.2. The molecule has 0 atom stereocenters. The fourth-order valence-corrected chi connectivity index (χ4v) is 2.43. The zero-order chi connectivity index (χ0) is 18.6. The van der Waals surface area contributed by atoms with Gasteiger partial charge < -0.3 is 14.2 Å². The normalized spacial score (nSPS) is 14.7. The Labute approximate surface area is 150 Å². The molecule has 0 fully saturated rings. The van der Waals surface area contributed by atoms with Crippen LogP contribution < -0.4 is 9.64 Å². The summed E-state index contributed by atoms with van der Waals surface area (Å²) in [5, 5.41) is 0.0404. The van der Waals surface area contributed by atoms with E-state index in [1.807, 2.05) is 0 Å². The van der Waals surface area contributed by atoms with Crippen LogP contribution in [0.2, 0.25) is 5.02 Å². The molecule has 25 heavy (non-hydrogen) atoms. The maximum absolute atomic E-state index is 14.3. The second-order valence-electron chi connectivity index (χ2n) is 5.38. The van der Waals surface area contributed by atoms with Crippen molar-refractivity contribution in [3.05, 3.63) is 34.1 Å². The number of carbonyl (C=O) groups is 2. The fraction of sp³-hybridized carbons (Fsp3) is 0.412. The first-order chi connectivity index (χ1) is 11.9. The molecule has 1 aliphatic rings. The minimum absolute atomic E-state index is 0.0404. The van der Waals surface area contributed by atoms with Crippen molar-refractivity contribution in [1.82, 2.24) is 0 Å². The Bertz CT molecular complexity index is 695. The first-order valence-electron chi connectivity index (χ1n) is 7.63. The summed E-state index contributed by atoms with van der Waals surface area (Å²) < 4.78 is 29.8. The van der Waals surface area contributed by atoms with E-state index in [2.05, 4.69) is 0 Å². The van der Waals surface area contributed by atoms with Gasteiger partial charge >= 0.3 is 0 Å². The van der Waals surface area contributed by atoms with Gasteiger partial charge in [0.05, 0.1) is 30.5 Å². The van der Waals surface area contributed by atoms with E-state index in [0.717, 1.165) is 11.0 Å². The van der Waals surface area contributed by atoms with E-state index < -0.39 is 17.6 Å². The van der Waals surface area contributed by atoms with Crippen LogP contribution in [0.3, 0.4) is 0 Å². The van der Waals surface area contributed by atoms with Gasteiger partial charge in [0, 0.05) is 24.3 Å². The second kappa shape index (κ2) is 8.42. The summed E-state index contributed by atoms with van der Waals surface area (Å²) in [6, 6.07) is 2.26. The number of benzene rings is 1. The average Bonchev–Trinajstić information content (AvgIpc) is 2.76. The SMILES string of the molecule is COCCOCCOc1cc(N2C(=O)C(C)=C(C)C2=O)c(F)cc1Cl. The number of hydrogen-bond donors (Lipinski definition) is 0. The molecule has 0 spiro atoms. The largest absolute Gasteiger partial charge is 0.490 e. The van der Waals surface area contributed by atoms with Crippen molar-refractivity contribution in [1.29, 1.82) is 0 Å². The molecule has 1 heterocycles. The minimum Gasteiger partial charge on any atom is -0.490 e. The van der Waals surface area contributed by atoms with Gasteiger partial charge in [-0.1, -0.05) is 11.6 Å². The van der Waals surface area contributed by atoms with E-state index in [9.17, 15) is 14.0 Å². The Hall–Kier alpha value is -1.96. The molecule has 1 aliphatic heterocycles. The third kappa shape index (κ3) is 4.18. The highest BCUT2D eigenvalue weighted by Gasteiger charge is 2.36. The number of rotatable bonds is 8. The summed E-state index contributed by atoms with van der Waals surface area (Å²) in [6.07, 6.45) is 0. The number of carbonyl (C=O) groups excluding carboxylic acids is 2. The van der Waals surface area contributed by atoms with Crippen molar-refractivity contribution >= 4 is 29.1 Å². The molecule has 1 aromatic carbocycles. The molecule has 0 radical (unpaired) electrons. The molecule has 136 valence electrons. The smallest absolute Gasteiger partial charge is 0.261 e. The van der Waals surface area contributed by atoms with E-state index >= 15 is 0 Å². The number of hydrogen-bond acceptors (Lipinski definition) is 5. The van der Waals surface area contributed by atoms with Gasteiger partial charge in [-0.3, -0.25) is 9.59 Å². The fourth-order valence-electron chi connectivity index (χ4n) is 2.22. The van der Waals surface area contributed by atoms with Crippen molar-refractivity contribution in [3.63, 3.8) is 0 Å². The van der Waals surface area contributed by atoms with Crippen molar-refractivity contribution in [2.45, 2.75) is 13.8 Å². The molecule has 6 nitrogen and oxygen atoms in total. The van der Waals surface area contributed by atoms with E-state index in [4.69, 9.17) is 25.8 Å². The summed E-state index contributed by atoms with van der Waals surface area (Å²) in [5.41, 5.74) is 0.382. The molecule has 0 unspecified atom stereocenters. The molecular weight excluding hydrogens is 353 g/mol. The van der Waals surface area contributed by atoms with Crippen molar-refractivity contribution in [2.75, 3.05) is 38.4 Å². The van der Waals surface area contributed by atoms with Gasteiger partial charge in [0.25, 0.3) is 11.8 Å². The van der Waals surface area contributed by atoms with Crippen molar-refractivity contribution < 1.29 is 28.2 Å². The Morgan fingerprint density at radius 3 is 2.24 bits per heavy atom. The van der Waals surface area contributed by atoms with Crippen molar-refractivity contribution in [3.8, 4) is 5.75 Å². The molecular formula is C17H19ClFNO5. The molecule has 1 aromatic rings. The van der Waals surface area contributed by atoms with E-state index in [1.54, 1.807) is 7.11 Å². The van der Waals surface area contributed by atoms with E-state index in [0.29, 0.717) is 13.2 Å². The van der Waals surface area contributed by atoms with Gasteiger partial charge in [-0.05, 0) is 19.9 Å². The molecule has 8 heteroatoms. The predicted molar refractivity (Wildman–Crippen MR) is 90.5 cm³/mol. The zero-order valence-corrected chi connectivity index (χ0v) is 15.0. The molecule has 2 amide bonds. The lowest BCUT2D eigenvalue weighted by molar-refractivity contribution is -0.120. The van der Waals surface area contributed by atoms with Crippen LogP contribution in [0.4, 0.5) is 10.1 Å². The lowest BCUT2D eigenvalue weighted by atomic mass is 10.2. The predicted octanol–water partition coefficient (Wildman–Crippen LogP) is 2.73. The van der Waals surface area contributed by atoms with E-state index in [-0.39, 0.29) is 40.8 Å². The number of imide groups is 1. The van der Waals surface area contributed by atoms with Crippen LogP contribution in [0.25, 0.3) is 0 Å². The molecule has 0 bridgehead atoms. The third-order valence-corrected chi connectivity index (χ3v) is 4.06. The number of ether oxygens (including phenoxy) is 3. The Morgan fingerprint density at radius 2 is 1.64 bits per heavy atom. The highest BCUT2D eigenvalue weighted by atomic mass is 35.5. The van der Waals surface area contributed by atoms with Crippen LogP contribution in [-0.4, -0.2) is 45.4 Å². The van der Waals surface area contributed by atoms with Crippen molar-refractivity contribution in [2.24, 2.45) is 0 Å². The maximum atomic E-state index is 14.3. The number of nitrogens with zero attached hydrogens (tertiary/aromatic N) is 1. The van der Waals surface area contributed by atoms with Gasteiger partial charge in [-0.2, -0.15) is 0 Å². The van der Waals surface area contributed by atoms with Crippen LogP contribution >= 0.6 is 11.6 Å². The lowest BCUT2D eigenvalue weighted by Gasteiger charge is -2.18. The summed E-state index contributed by atoms with van der Waals surface area (Å²) in [5.74, 6) is -1.73. The summed E-state index contributed by atoms with van der Waals surface area (Å²) >= 11 is 5.98. The number of anilines is 1. The highest BCUT2D eigenvalue weighted by molar-refractivity contribution is 6.34. The molecule has 0 saturated heterocycles. The minimum atomic E-state index is -0.780. The average molecular weight is 372 g/mol. The van der Waals surface area contributed by atoms with Crippen LogP contribution in [0, 0.1) is 5.82 Å². The van der Waals surface area contributed by atoms with Gasteiger partial charge in [0.2, 0.25) is 0 Å². The molecule has 0 aliphatic carbocycles. The van der Waals surface area contributed by atoms with Gasteiger partial charge in [-0.25, -0.2) is 9.29 Å². The quantitative estimate of drug-likeness (QED) is 0.519. The number of halogens is 2. The Morgan fingerprint density at radius 1 is 1.04 bits per heavy atom. The van der Waals surface area contributed by atoms with Crippen LogP contribution in [0.1, 0.15) is 13.8 Å². The summed E-state index contributed by atoms with van der Waals surface area (Å²) in [4.78, 5) is 25.2. The van der Waals surface area contributed by atoms with E-state index in [1.165, 1.54) is 19.9 Å². The Kier molecular flexibility index (Phi) is 6.52. The Balaban J connectivity index is 2.13. The standard InChI is InChI=1S/C17H19ClFNO5/c1-10-11(2)17(22)20(16(10)21)14-9-15(12(18)8-13(14)19)25-7-6-24-5-4-23-3/h8-9H,4-7H2,1-3H3. The number of amides is 2. The summed E-state index contributed by atoms with van der Waals surface area (Å²) in [7, 11) is 1.57. The molecule has 0 N–H and O–H groups in total. The number of methoxy groups -OCH3 is 1. The highest BCUT2D eigenvalue weighted by Crippen LogP contribution is 2.35. The first kappa shape index (κ1) is 19.4. The van der Waals surface area contributed by atoms with Gasteiger partial charge in [-0.15, -0.1) is 0 Å². The maximum Gasteiger partial charge on any atom is 0.261 e. The van der Waals surface area contributed by atoms with Gasteiger partial charge in [0.1, 0.15) is 18.2 Å². The molecule has 0 aromatic heterocycles. The van der Waals surface area contributed by atoms with Crippen LogP contribution in [0.15, 0.2) is 23.3 Å². The van der Waals surface area contributed by atoms with Gasteiger partial charge in [0.15, 0.2) is 0 Å². The third-order valence-electron chi connectivity index (χ3n) is 3.77. The topological polar surface area (TPSA) is 65.1 Å².